The Hall–Kier alpha value is -9.98. The number of benzene rings is 14. The minimum absolute atomic E-state index is 0.0661. The Bertz CT molecular complexity index is 5250. The lowest BCUT2D eigenvalue weighted by atomic mass is 9.86. The van der Waals surface area contributed by atoms with Crippen LogP contribution in [0.15, 0.2) is 273 Å². The highest BCUT2D eigenvalue weighted by Crippen LogP contribution is 2.56. The molecule has 0 radical (unpaired) electrons. The van der Waals surface area contributed by atoms with Crippen molar-refractivity contribution in [3.05, 3.63) is 290 Å². The van der Waals surface area contributed by atoms with E-state index in [1.807, 2.05) is 97.1 Å². The molecule has 2 heterocycles. The Morgan fingerprint density at radius 3 is 1.22 bits per heavy atom. The SMILES string of the molecule is CC(C)c1cc(N(c2c(F)cc(-c3ccccc3)cc2-c2ccccc2)c2cccc3c2sc2ccccc23)c2ccc3ccc(N(c4c(F)cc(-c5ccccc5)cc4-c4ccccc4)c4cccc5c4sc4ccccc45)c4ccc1c2c34. The van der Waals surface area contributed by atoms with Gasteiger partial charge in [-0.15, -0.1) is 22.7 Å². The lowest BCUT2D eigenvalue weighted by Gasteiger charge is -2.33. The van der Waals surface area contributed by atoms with Crippen molar-refractivity contribution in [1.29, 1.82) is 0 Å². The highest BCUT2D eigenvalue weighted by atomic mass is 32.1. The van der Waals surface area contributed by atoms with Crippen LogP contribution in [0.4, 0.5) is 42.9 Å². The highest BCUT2D eigenvalue weighted by Gasteiger charge is 2.31. The predicted molar refractivity (Wildman–Crippen MR) is 361 cm³/mol. The first kappa shape index (κ1) is 50.7. The summed E-state index contributed by atoms with van der Waals surface area (Å²) in [5, 5.41) is 10.8. The van der Waals surface area contributed by atoms with Crippen molar-refractivity contribution in [2.24, 2.45) is 0 Å². The fourth-order valence-electron chi connectivity index (χ4n) is 13.2. The summed E-state index contributed by atoms with van der Waals surface area (Å²) in [4.78, 5) is 4.43. The van der Waals surface area contributed by atoms with Crippen LogP contribution in [0.25, 0.3) is 117 Å². The van der Waals surface area contributed by atoms with Crippen LogP contribution in [0.5, 0.6) is 0 Å². The fourth-order valence-corrected chi connectivity index (χ4v) is 15.6. The molecule has 0 unspecified atom stereocenters. The van der Waals surface area contributed by atoms with Crippen LogP contribution < -0.4 is 9.80 Å². The van der Waals surface area contributed by atoms with Gasteiger partial charge in [-0.25, -0.2) is 8.78 Å². The van der Waals surface area contributed by atoms with Crippen molar-refractivity contribution in [3.63, 3.8) is 0 Å². The first-order valence-electron chi connectivity index (χ1n) is 28.9. The molecule has 0 saturated heterocycles. The molecule has 0 spiro atoms. The van der Waals surface area contributed by atoms with Gasteiger partial charge >= 0.3 is 0 Å². The van der Waals surface area contributed by atoms with E-state index in [-0.39, 0.29) is 17.6 Å². The molecule has 14 aromatic carbocycles. The molecule has 16 rings (SSSR count). The minimum atomic E-state index is -0.339. The summed E-state index contributed by atoms with van der Waals surface area (Å²) in [5.74, 6) is -0.608. The Labute approximate surface area is 499 Å². The summed E-state index contributed by atoms with van der Waals surface area (Å²) in [7, 11) is 0. The van der Waals surface area contributed by atoms with E-state index in [0.717, 1.165) is 145 Å². The second-order valence-electron chi connectivity index (χ2n) is 22.3. The summed E-state index contributed by atoms with van der Waals surface area (Å²) in [6.45, 7) is 4.51. The molecule has 85 heavy (non-hydrogen) atoms. The zero-order valence-corrected chi connectivity index (χ0v) is 48.2. The minimum Gasteiger partial charge on any atom is -0.305 e. The Morgan fingerprint density at radius 1 is 0.306 bits per heavy atom. The molecule has 0 saturated carbocycles. The van der Waals surface area contributed by atoms with Crippen LogP contribution in [0.3, 0.4) is 0 Å². The Balaban J connectivity index is 1.02. The van der Waals surface area contributed by atoms with Gasteiger partial charge in [-0.3, -0.25) is 0 Å². The molecule has 0 bridgehead atoms. The molecule has 16 aromatic rings. The van der Waals surface area contributed by atoms with Crippen molar-refractivity contribution in [2.75, 3.05) is 9.80 Å². The van der Waals surface area contributed by atoms with Gasteiger partial charge in [0.05, 0.1) is 43.5 Å². The van der Waals surface area contributed by atoms with Gasteiger partial charge in [-0.1, -0.05) is 226 Å². The van der Waals surface area contributed by atoms with Gasteiger partial charge in [0.2, 0.25) is 0 Å². The van der Waals surface area contributed by atoms with E-state index in [1.165, 1.54) is 0 Å². The Morgan fingerprint density at radius 2 is 0.718 bits per heavy atom. The standard InChI is InChI=1S/C79H52F2N2S2/c1-48(2)63-47-71(83(70-34-20-32-60-57-30-16-18-36-73(57)85-79(60)70)77-65(52-27-13-6-14-28-52)44-55(46-67(77)81)50-23-9-4-10-24-50)62-39-37-53-38-42-68(61-41-40-58(63)75(62)74(53)61)82(69-33-19-31-59-56-29-15-17-35-72(56)84-78(59)69)76-64(51-25-11-5-12-26-51)43-54(45-66(76)80)49-21-7-3-8-22-49/h3-48H,1-2H3. The summed E-state index contributed by atoms with van der Waals surface area (Å²) in [6, 6.07) is 94.1. The molecular formula is C79H52F2N2S2. The van der Waals surface area contributed by atoms with Crippen LogP contribution in [0.2, 0.25) is 0 Å². The molecule has 2 nitrogen and oxygen atoms in total. The number of nitrogens with zero attached hydrogens (tertiary/aromatic N) is 2. The maximum Gasteiger partial charge on any atom is 0.148 e. The number of rotatable bonds is 11. The maximum atomic E-state index is 18.6. The van der Waals surface area contributed by atoms with Gasteiger partial charge in [0.15, 0.2) is 0 Å². The molecule has 404 valence electrons. The maximum absolute atomic E-state index is 18.6. The number of thiophene rings is 2. The predicted octanol–water partition coefficient (Wildman–Crippen LogP) is 24.3. The number of hydrogen-bond acceptors (Lipinski definition) is 4. The number of hydrogen-bond donors (Lipinski definition) is 0. The van der Waals surface area contributed by atoms with Gasteiger partial charge < -0.3 is 9.80 Å². The van der Waals surface area contributed by atoms with E-state index in [0.29, 0.717) is 11.4 Å². The van der Waals surface area contributed by atoms with Crippen LogP contribution in [0, 0.1) is 11.6 Å². The van der Waals surface area contributed by atoms with E-state index in [1.54, 1.807) is 34.8 Å². The molecule has 0 aliphatic heterocycles. The van der Waals surface area contributed by atoms with Crippen molar-refractivity contribution in [2.45, 2.75) is 19.8 Å². The van der Waals surface area contributed by atoms with Crippen molar-refractivity contribution >= 4 is 129 Å². The zero-order chi connectivity index (χ0) is 56.9. The van der Waals surface area contributed by atoms with Crippen molar-refractivity contribution in [3.8, 4) is 44.5 Å². The highest BCUT2D eigenvalue weighted by molar-refractivity contribution is 7.26. The number of anilines is 6. The quantitative estimate of drug-likeness (QED) is 0.119. The van der Waals surface area contributed by atoms with Gasteiger partial charge in [0, 0.05) is 52.8 Å². The summed E-state index contributed by atoms with van der Waals surface area (Å²) < 4.78 is 41.6. The van der Waals surface area contributed by atoms with Gasteiger partial charge in [-0.2, -0.15) is 0 Å². The fraction of sp³-hybridized carbons (Fsp3) is 0.0380. The third-order valence-electron chi connectivity index (χ3n) is 17.1. The summed E-state index contributed by atoms with van der Waals surface area (Å²) >= 11 is 3.48. The van der Waals surface area contributed by atoms with E-state index in [9.17, 15) is 0 Å². The van der Waals surface area contributed by atoms with Crippen LogP contribution in [-0.4, -0.2) is 0 Å². The van der Waals surface area contributed by atoms with E-state index in [4.69, 9.17) is 0 Å². The molecule has 0 amide bonds. The first-order chi connectivity index (χ1) is 41.8. The molecular weight excluding hydrogens is 1080 g/mol. The van der Waals surface area contributed by atoms with Gasteiger partial charge in [0.25, 0.3) is 0 Å². The van der Waals surface area contributed by atoms with Gasteiger partial charge in [-0.05, 0) is 127 Å². The van der Waals surface area contributed by atoms with Crippen LogP contribution in [0.1, 0.15) is 25.3 Å². The average Bonchev–Trinajstić information content (AvgIpc) is 1.72. The third-order valence-corrected chi connectivity index (χ3v) is 19.5. The molecule has 0 aliphatic rings. The first-order valence-corrected chi connectivity index (χ1v) is 30.5. The van der Waals surface area contributed by atoms with E-state index < -0.39 is 0 Å². The number of fused-ring (bicyclic) bond motifs is 6. The number of halogens is 2. The lowest BCUT2D eigenvalue weighted by Crippen LogP contribution is -2.15. The summed E-state index contributed by atoms with van der Waals surface area (Å²) in [6.07, 6.45) is 0. The molecule has 6 heteroatoms. The average molecular weight is 1130 g/mol. The second-order valence-corrected chi connectivity index (χ2v) is 24.4. The van der Waals surface area contributed by atoms with E-state index >= 15 is 8.78 Å². The molecule has 0 atom stereocenters. The van der Waals surface area contributed by atoms with Crippen molar-refractivity contribution < 1.29 is 8.78 Å². The van der Waals surface area contributed by atoms with E-state index in [2.05, 4.69) is 187 Å². The summed E-state index contributed by atoms with van der Waals surface area (Å²) in [5.41, 5.74) is 12.3. The molecule has 0 N–H and O–H groups in total. The topological polar surface area (TPSA) is 6.48 Å². The Kier molecular flexibility index (Phi) is 12.2. The molecule has 0 aliphatic carbocycles. The largest absolute Gasteiger partial charge is 0.305 e. The second kappa shape index (κ2) is 20.4. The smallest absolute Gasteiger partial charge is 0.148 e. The van der Waals surface area contributed by atoms with Crippen molar-refractivity contribution in [1.82, 2.24) is 0 Å². The van der Waals surface area contributed by atoms with Crippen LogP contribution >= 0.6 is 22.7 Å². The zero-order valence-electron chi connectivity index (χ0n) is 46.5. The third kappa shape index (κ3) is 8.30. The lowest BCUT2D eigenvalue weighted by molar-refractivity contribution is 0.629. The van der Waals surface area contributed by atoms with Crippen LogP contribution in [-0.2, 0) is 0 Å². The van der Waals surface area contributed by atoms with Gasteiger partial charge in [0.1, 0.15) is 11.6 Å². The molecule has 0 fully saturated rings. The normalized spacial score (nSPS) is 11.9. The monoisotopic (exact) mass is 1130 g/mol. The molecule has 2 aromatic heterocycles.